The van der Waals surface area contributed by atoms with Gasteiger partial charge in [0.15, 0.2) is 0 Å². The van der Waals surface area contributed by atoms with Crippen molar-refractivity contribution in [3.05, 3.63) is 35.6 Å². The molecular formula is C12H16FNO. The van der Waals surface area contributed by atoms with Crippen molar-refractivity contribution in [2.45, 2.75) is 32.3 Å². The van der Waals surface area contributed by atoms with Gasteiger partial charge in [-0.25, -0.2) is 4.39 Å². The van der Waals surface area contributed by atoms with Gasteiger partial charge in [-0.15, -0.1) is 0 Å². The highest BCUT2D eigenvalue weighted by Crippen LogP contribution is 2.26. The first-order chi connectivity index (χ1) is 7.00. The fourth-order valence-electron chi connectivity index (χ4n) is 1.51. The summed E-state index contributed by atoms with van der Waals surface area (Å²) in [5.41, 5.74) is -1.18. The monoisotopic (exact) mass is 209 g/mol. The van der Waals surface area contributed by atoms with Crippen LogP contribution in [-0.4, -0.2) is 10.8 Å². The minimum absolute atomic E-state index is 0.148. The molecule has 0 heterocycles. The van der Waals surface area contributed by atoms with Crippen molar-refractivity contribution in [2.75, 3.05) is 0 Å². The van der Waals surface area contributed by atoms with Crippen molar-refractivity contribution in [3.63, 3.8) is 0 Å². The van der Waals surface area contributed by atoms with Gasteiger partial charge in [0, 0.05) is 11.3 Å². The van der Waals surface area contributed by atoms with Crippen LogP contribution in [0, 0.1) is 11.2 Å². The Morgan fingerprint density at radius 3 is 2.60 bits per heavy atom. The zero-order valence-corrected chi connectivity index (χ0v) is 9.05. The Labute approximate surface area is 89.3 Å². The predicted octanol–water partition coefficient (Wildman–Crippen LogP) is 2.85. The summed E-state index contributed by atoms with van der Waals surface area (Å²) in [5, 5.41) is 17.8. The SMILES string of the molecule is CCCC(=N)[C@@](C)(O)c1ccccc1F. The molecule has 1 aromatic rings. The van der Waals surface area contributed by atoms with E-state index in [1.807, 2.05) is 6.92 Å². The first-order valence-electron chi connectivity index (χ1n) is 5.05. The first-order valence-corrected chi connectivity index (χ1v) is 5.05. The third-order valence-corrected chi connectivity index (χ3v) is 2.49. The van der Waals surface area contributed by atoms with Gasteiger partial charge in [0.1, 0.15) is 11.4 Å². The van der Waals surface area contributed by atoms with Crippen molar-refractivity contribution in [1.82, 2.24) is 0 Å². The van der Waals surface area contributed by atoms with Crippen molar-refractivity contribution in [2.24, 2.45) is 0 Å². The maximum absolute atomic E-state index is 13.4. The van der Waals surface area contributed by atoms with E-state index in [-0.39, 0.29) is 11.3 Å². The van der Waals surface area contributed by atoms with Crippen molar-refractivity contribution in [1.29, 1.82) is 5.41 Å². The second-order valence-corrected chi connectivity index (χ2v) is 3.78. The van der Waals surface area contributed by atoms with Crippen LogP contribution in [0.15, 0.2) is 24.3 Å². The smallest absolute Gasteiger partial charge is 0.129 e. The number of rotatable bonds is 4. The number of nitrogens with one attached hydrogen (secondary N) is 1. The van der Waals surface area contributed by atoms with Gasteiger partial charge in [0.2, 0.25) is 0 Å². The van der Waals surface area contributed by atoms with Crippen molar-refractivity contribution in [3.8, 4) is 0 Å². The third-order valence-electron chi connectivity index (χ3n) is 2.49. The molecule has 0 amide bonds. The second-order valence-electron chi connectivity index (χ2n) is 3.78. The summed E-state index contributed by atoms with van der Waals surface area (Å²) in [4.78, 5) is 0. The molecule has 0 aromatic heterocycles. The number of hydrogen-bond acceptors (Lipinski definition) is 2. The van der Waals surface area contributed by atoms with E-state index in [4.69, 9.17) is 5.41 Å². The Hall–Kier alpha value is -1.22. The maximum atomic E-state index is 13.4. The van der Waals surface area contributed by atoms with E-state index in [1.165, 1.54) is 19.1 Å². The lowest BCUT2D eigenvalue weighted by Gasteiger charge is -2.25. The van der Waals surface area contributed by atoms with E-state index in [2.05, 4.69) is 0 Å². The van der Waals surface area contributed by atoms with Gasteiger partial charge in [-0.1, -0.05) is 31.5 Å². The van der Waals surface area contributed by atoms with Crippen LogP contribution in [0.5, 0.6) is 0 Å². The molecule has 1 rings (SSSR count). The Morgan fingerprint density at radius 2 is 2.07 bits per heavy atom. The molecule has 82 valence electrons. The molecule has 0 aliphatic carbocycles. The summed E-state index contributed by atoms with van der Waals surface area (Å²) in [6.45, 7) is 3.38. The van der Waals surface area contributed by atoms with Crippen molar-refractivity contribution < 1.29 is 9.50 Å². The van der Waals surface area contributed by atoms with Gasteiger partial charge < -0.3 is 10.5 Å². The lowest BCUT2D eigenvalue weighted by Crippen LogP contribution is -2.32. The van der Waals surface area contributed by atoms with Crippen LogP contribution >= 0.6 is 0 Å². The molecule has 0 spiro atoms. The number of halogens is 1. The summed E-state index contributed by atoms with van der Waals surface area (Å²) in [7, 11) is 0. The maximum Gasteiger partial charge on any atom is 0.129 e. The average Bonchev–Trinajstić information content (AvgIpc) is 2.18. The average molecular weight is 209 g/mol. The van der Waals surface area contributed by atoms with Gasteiger partial charge in [0.05, 0.1) is 0 Å². The fraction of sp³-hybridized carbons (Fsp3) is 0.417. The minimum Gasteiger partial charge on any atom is -0.379 e. The van der Waals surface area contributed by atoms with Crippen LogP contribution in [0.3, 0.4) is 0 Å². The Balaban J connectivity index is 3.05. The van der Waals surface area contributed by atoms with Crippen LogP contribution in [0.2, 0.25) is 0 Å². The Kier molecular flexibility index (Phi) is 3.58. The molecule has 3 heteroatoms. The fourth-order valence-corrected chi connectivity index (χ4v) is 1.51. The molecular weight excluding hydrogens is 193 g/mol. The molecule has 0 aliphatic rings. The van der Waals surface area contributed by atoms with Gasteiger partial charge in [-0.2, -0.15) is 0 Å². The van der Waals surface area contributed by atoms with Gasteiger partial charge in [-0.05, 0) is 19.4 Å². The topological polar surface area (TPSA) is 44.1 Å². The summed E-state index contributed by atoms with van der Waals surface area (Å²) in [5.74, 6) is -0.469. The number of aliphatic hydroxyl groups is 1. The quantitative estimate of drug-likeness (QED) is 0.736. The molecule has 0 unspecified atom stereocenters. The molecule has 0 saturated heterocycles. The highest BCUT2D eigenvalue weighted by molar-refractivity contribution is 5.90. The number of hydrogen-bond donors (Lipinski definition) is 2. The third kappa shape index (κ3) is 2.42. The summed E-state index contributed by atoms with van der Waals surface area (Å²) in [6.07, 6.45) is 1.24. The van der Waals surface area contributed by atoms with E-state index in [9.17, 15) is 9.50 Å². The lowest BCUT2D eigenvalue weighted by molar-refractivity contribution is 0.125. The molecule has 0 bridgehead atoms. The molecule has 0 radical (unpaired) electrons. The summed E-state index contributed by atoms with van der Waals surface area (Å²) >= 11 is 0. The summed E-state index contributed by atoms with van der Waals surface area (Å²) in [6, 6.07) is 6.03. The minimum atomic E-state index is -1.50. The zero-order chi connectivity index (χ0) is 11.5. The van der Waals surface area contributed by atoms with E-state index < -0.39 is 11.4 Å². The molecule has 1 aromatic carbocycles. The van der Waals surface area contributed by atoms with Crippen LogP contribution in [-0.2, 0) is 5.60 Å². The largest absolute Gasteiger partial charge is 0.379 e. The molecule has 0 fully saturated rings. The standard InChI is InChI=1S/C12H16FNO/c1-3-6-11(14)12(2,15)9-7-4-5-8-10(9)13/h4-5,7-8,14-15H,3,6H2,1-2H3/t12-/m0/s1. The second kappa shape index (κ2) is 4.53. The van der Waals surface area contributed by atoms with E-state index in [1.54, 1.807) is 12.1 Å². The highest BCUT2D eigenvalue weighted by Gasteiger charge is 2.30. The lowest BCUT2D eigenvalue weighted by atomic mass is 9.88. The van der Waals surface area contributed by atoms with Gasteiger partial charge >= 0.3 is 0 Å². The molecule has 0 saturated carbocycles. The Morgan fingerprint density at radius 1 is 1.47 bits per heavy atom. The van der Waals surface area contributed by atoms with Crippen LogP contribution < -0.4 is 0 Å². The molecule has 1 atom stereocenters. The zero-order valence-electron chi connectivity index (χ0n) is 9.05. The van der Waals surface area contributed by atoms with Crippen LogP contribution in [0.1, 0.15) is 32.3 Å². The van der Waals surface area contributed by atoms with Gasteiger partial charge in [0.25, 0.3) is 0 Å². The van der Waals surface area contributed by atoms with Crippen LogP contribution in [0.4, 0.5) is 4.39 Å². The van der Waals surface area contributed by atoms with E-state index in [0.29, 0.717) is 6.42 Å². The summed E-state index contributed by atoms with van der Waals surface area (Å²) < 4.78 is 13.4. The Bertz CT molecular complexity index is 360. The predicted molar refractivity (Wildman–Crippen MR) is 58.6 cm³/mol. The normalized spacial score (nSPS) is 14.7. The molecule has 2 nitrogen and oxygen atoms in total. The van der Waals surface area contributed by atoms with Crippen LogP contribution in [0.25, 0.3) is 0 Å². The molecule has 2 N–H and O–H groups in total. The first kappa shape index (κ1) is 11.9. The van der Waals surface area contributed by atoms with Gasteiger partial charge in [-0.3, -0.25) is 0 Å². The number of benzene rings is 1. The highest BCUT2D eigenvalue weighted by atomic mass is 19.1. The van der Waals surface area contributed by atoms with E-state index >= 15 is 0 Å². The van der Waals surface area contributed by atoms with E-state index in [0.717, 1.165) is 6.42 Å². The molecule has 0 aliphatic heterocycles. The molecule has 15 heavy (non-hydrogen) atoms. The van der Waals surface area contributed by atoms with Crippen molar-refractivity contribution >= 4 is 5.71 Å².